The van der Waals surface area contributed by atoms with Crippen LogP contribution in [0.3, 0.4) is 0 Å². The van der Waals surface area contributed by atoms with E-state index in [2.05, 4.69) is 62.4 Å². The van der Waals surface area contributed by atoms with Crippen LogP contribution in [0.5, 0.6) is 0 Å². The summed E-state index contributed by atoms with van der Waals surface area (Å²) in [6, 6.07) is 33.4. The van der Waals surface area contributed by atoms with E-state index < -0.39 is 6.10 Å². The van der Waals surface area contributed by atoms with E-state index in [1.54, 1.807) is 0 Å². The Bertz CT molecular complexity index is 1770. The van der Waals surface area contributed by atoms with Crippen molar-refractivity contribution in [2.45, 2.75) is 128 Å². The molecule has 4 aromatic rings. The molecule has 0 aromatic heterocycles. The minimum atomic E-state index is -0.476. The molecule has 1 unspecified atom stereocenters. The van der Waals surface area contributed by atoms with Gasteiger partial charge in [-0.2, -0.15) is 0 Å². The molecule has 0 saturated heterocycles. The van der Waals surface area contributed by atoms with Crippen LogP contribution in [0, 0.1) is 17.8 Å². The van der Waals surface area contributed by atoms with E-state index in [-0.39, 0.29) is 24.5 Å². The van der Waals surface area contributed by atoms with Gasteiger partial charge in [-0.05, 0) is 151 Å². The van der Waals surface area contributed by atoms with Gasteiger partial charge in [-0.3, -0.25) is 0 Å². The predicted molar refractivity (Wildman–Crippen MR) is 220 cm³/mol. The van der Waals surface area contributed by atoms with E-state index in [0.29, 0.717) is 23.0 Å². The highest BCUT2D eigenvalue weighted by Gasteiger charge is 2.29. The molecular weight excluding hydrogens is 665 g/mol. The Balaban J connectivity index is 0.935. The highest BCUT2D eigenvalue weighted by Crippen LogP contribution is 2.39. The molecule has 0 aliphatic heterocycles. The summed E-state index contributed by atoms with van der Waals surface area (Å²) in [6.45, 7) is 4.69. The first-order valence-corrected chi connectivity index (χ1v) is 21.3. The van der Waals surface area contributed by atoms with Gasteiger partial charge in [-0.25, -0.2) is 9.59 Å². The fourth-order valence-electron chi connectivity index (χ4n) is 9.52. The van der Waals surface area contributed by atoms with Crippen LogP contribution < -0.4 is 0 Å². The molecule has 3 saturated carbocycles. The van der Waals surface area contributed by atoms with Crippen molar-refractivity contribution in [1.82, 2.24) is 0 Å². The summed E-state index contributed by atoms with van der Waals surface area (Å²) in [7, 11) is 0. The second-order valence-corrected chi connectivity index (χ2v) is 16.6. The molecule has 54 heavy (non-hydrogen) atoms. The first-order valence-electron chi connectivity index (χ1n) is 21.3. The Morgan fingerprint density at radius 1 is 0.500 bits per heavy atom. The van der Waals surface area contributed by atoms with Crippen LogP contribution in [-0.2, 0) is 9.47 Å². The van der Waals surface area contributed by atoms with E-state index >= 15 is 0 Å². The zero-order chi connectivity index (χ0) is 37.3. The second kappa shape index (κ2) is 18.4. The van der Waals surface area contributed by atoms with Gasteiger partial charge in [0.05, 0.1) is 11.1 Å². The van der Waals surface area contributed by atoms with Gasteiger partial charge in [-0.15, -0.1) is 0 Å². The highest BCUT2D eigenvalue weighted by atomic mass is 16.6. The summed E-state index contributed by atoms with van der Waals surface area (Å²) < 4.78 is 12.0. The molecule has 3 aliphatic carbocycles. The summed E-state index contributed by atoms with van der Waals surface area (Å²) >= 11 is 0. The van der Waals surface area contributed by atoms with E-state index in [1.807, 2.05) is 48.5 Å². The quantitative estimate of drug-likeness (QED) is 0.137. The van der Waals surface area contributed by atoms with Crippen molar-refractivity contribution in [3.63, 3.8) is 0 Å². The van der Waals surface area contributed by atoms with Gasteiger partial charge in [0.25, 0.3) is 0 Å². The van der Waals surface area contributed by atoms with Crippen LogP contribution >= 0.6 is 0 Å². The Hall–Kier alpha value is -4.18. The fraction of sp³-hybridized carbons (Fsp3) is 0.480. The molecule has 4 heteroatoms. The monoisotopic (exact) mass is 724 g/mol. The normalized spacial score (nSPS) is 22.6. The molecule has 4 nitrogen and oxygen atoms in total. The maximum absolute atomic E-state index is 13.5. The van der Waals surface area contributed by atoms with Crippen molar-refractivity contribution in [2.24, 2.45) is 17.8 Å². The second-order valence-electron chi connectivity index (χ2n) is 16.6. The lowest BCUT2D eigenvalue weighted by molar-refractivity contribution is -0.0247. The van der Waals surface area contributed by atoms with Gasteiger partial charge in [0.1, 0.15) is 12.7 Å². The van der Waals surface area contributed by atoms with Gasteiger partial charge >= 0.3 is 11.9 Å². The van der Waals surface area contributed by atoms with Crippen LogP contribution in [0.1, 0.15) is 154 Å². The molecule has 0 amide bonds. The van der Waals surface area contributed by atoms with Gasteiger partial charge in [-0.1, -0.05) is 119 Å². The van der Waals surface area contributed by atoms with Crippen LogP contribution in [0.4, 0.5) is 0 Å². The molecule has 0 spiro atoms. The minimum absolute atomic E-state index is 0.0587. The Kier molecular flexibility index (Phi) is 13.0. The number of rotatable bonds is 12. The number of hydrogen-bond donors (Lipinski definition) is 0. The van der Waals surface area contributed by atoms with E-state index in [9.17, 15) is 9.59 Å². The number of esters is 2. The van der Waals surface area contributed by atoms with Crippen LogP contribution in [0.2, 0.25) is 0 Å². The van der Waals surface area contributed by atoms with Crippen molar-refractivity contribution in [3.8, 4) is 22.3 Å². The lowest BCUT2D eigenvalue weighted by Crippen LogP contribution is -2.33. The number of benzene rings is 4. The summed E-state index contributed by atoms with van der Waals surface area (Å²) in [5, 5.41) is 0. The summed E-state index contributed by atoms with van der Waals surface area (Å²) in [4.78, 5) is 26.7. The first-order chi connectivity index (χ1) is 26.5. The standard InChI is InChI=1S/C50H60O4/c1-3-35-10-14-37(15-11-35)39-18-22-41(23-19-39)43-26-30-46(31-27-43)49(51)53-34-48(45-8-6-5-7-9-45)54-50(52)47-32-28-44(29-33-47)42-24-20-40(21-25-42)38-16-12-36(4-2)13-17-38/h18-33,35-38,45,48H,3-17,34H2,1-2H3. The third-order valence-electron chi connectivity index (χ3n) is 13.3. The Labute approximate surface area is 324 Å². The molecule has 0 heterocycles. The van der Waals surface area contributed by atoms with Crippen LogP contribution in [0.25, 0.3) is 22.3 Å². The zero-order valence-electron chi connectivity index (χ0n) is 32.6. The van der Waals surface area contributed by atoms with Gasteiger partial charge < -0.3 is 9.47 Å². The Morgan fingerprint density at radius 2 is 0.889 bits per heavy atom. The fourth-order valence-corrected chi connectivity index (χ4v) is 9.52. The molecule has 1 atom stereocenters. The third-order valence-corrected chi connectivity index (χ3v) is 13.3. The van der Waals surface area contributed by atoms with E-state index in [1.165, 1.54) is 81.8 Å². The maximum atomic E-state index is 13.5. The third kappa shape index (κ3) is 9.54. The molecule has 3 fully saturated rings. The highest BCUT2D eigenvalue weighted by molar-refractivity contribution is 5.91. The lowest BCUT2D eigenvalue weighted by atomic mass is 9.77. The van der Waals surface area contributed by atoms with Crippen LogP contribution in [-0.4, -0.2) is 24.6 Å². The molecular formula is C50H60O4. The molecule has 4 aromatic carbocycles. The minimum Gasteiger partial charge on any atom is -0.458 e. The predicted octanol–water partition coefficient (Wildman–Crippen LogP) is 13.4. The van der Waals surface area contributed by atoms with E-state index in [4.69, 9.17) is 9.47 Å². The molecule has 0 N–H and O–H groups in total. The average Bonchev–Trinajstić information content (AvgIpc) is 3.25. The summed E-state index contributed by atoms with van der Waals surface area (Å²) in [5.41, 5.74) is 8.37. The van der Waals surface area contributed by atoms with Crippen molar-refractivity contribution in [2.75, 3.05) is 6.61 Å². The number of ether oxygens (including phenoxy) is 2. The number of hydrogen-bond acceptors (Lipinski definition) is 4. The topological polar surface area (TPSA) is 52.6 Å². The van der Waals surface area contributed by atoms with Crippen LogP contribution in [0.15, 0.2) is 97.1 Å². The van der Waals surface area contributed by atoms with Gasteiger partial charge in [0.2, 0.25) is 0 Å². The Morgan fingerprint density at radius 3 is 1.30 bits per heavy atom. The molecule has 0 bridgehead atoms. The van der Waals surface area contributed by atoms with Crippen molar-refractivity contribution in [1.29, 1.82) is 0 Å². The van der Waals surface area contributed by atoms with Gasteiger partial charge in [0, 0.05) is 0 Å². The van der Waals surface area contributed by atoms with E-state index in [0.717, 1.165) is 59.8 Å². The summed E-state index contributed by atoms with van der Waals surface area (Å²) in [5.74, 6) is 2.56. The molecule has 284 valence electrons. The first kappa shape index (κ1) is 38.1. The molecule has 3 aliphatic rings. The smallest absolute Gasteiger partial charge is 0.338 e. The largest absolute Gasteiger partial charge is 0.458 e. The lowest BCUT2D eigenvalue weighted by Gasteiger charge is -2.29. The SMILES string of the molecule is CCC1CCC(c2ccc(-c3ccc(C(=O)OCC(OC(=O)c4ccc(-c5ccc(C6CCC(CC)CC6)cc5)cc4)C4CCCCC4)cc3)cc2)CC1. The summed E-state index contributed by atoms with van der Waals surface area (Å²) in [6.07, 6.45) is 18.0. The van der Waals surface area contributed by atoms with Crippen molar-refractivity contribution >= 4 is 11.9 Å². The molecule has 7 rings (SSSR count). The van der Waals surface area contributed by atoms with Crippen molar-refractivity contribution < 1.29 is 19.1 Å². The zero-order valence-corrected chi connectivity index (χ0v) is 32.6. The maximum Gasteiger partial charge on any atom is 0.338 e. The number of carbonyl (C=O) groups is 2. The molecule has 0 radical (unpaired) electrons. The number of carbonyl (C=O) groups excluding carboxylic acids is 2. The average molecular weight is 725 g/mol. The van der Waals surface area contributed by atoms with Crippen molar-refractivity contribution in [3.05, 3.63) is 119 Å². The van der Waals surface area contributed by atoms with Gasteiger partial charge in [0.15, 0.2) is 0 Å².